The zero-order valence-electron chi connectivity index (χ0n) is 13.5. The molecule has 2 aromatic rings. The Morgan fingerprint density at radius 1 is 1.17 bits per heavy atom. The van der Waals surface area contributed by atoms with Gasteiger partial charge in [0.05, 0.1) is 19.6 Å². The molecule has 4 heteroatoms. The van der Waals surface area contributed by atoms with Gasteiger partial charge < -0.3 is 9.64 Å². The number of ether oxygens (including phenoxy) is 1. The van der Waals surface area contributed by atoms with E-state index in [1.807, 2.05) is 49.4 Å². The molecule has 0 aliphatic carbocycles. The van der Waals surface area contributed by atoms with E-state index in [0.717, 1.165) is 27.9 Å². The van der Waals surface area contributed by atoms with Crippen molar-refractivity contribution in [1.82, 2.24) is 0 Å². The SMILES string of the molecule is COC(=O)C(C)c1ccc(N2Cc3ccc(C)cc3C2=O)cc1. The van der Waals surface area contributed by atoms with E-state index in [1.54, 1.807) is 11.8 Å². The number of methoxy groups -OCH3 is 1. The van der Waals surface area contributed by atoms with Crippen molar-refractivity contribution in [2.45, 2.75) is 26.3 Å². The molecule has 1 atom stereocenters. The predicted molar refractivity (Wildman–Crippen MR) is 88.6 cm³/mol. The number of anilines is 1. The lowest BCUT2D eigenvalue weighted by Crippen LogP contribution is -2.23. The minimum absolute atomic E-state index is 0.0254. The van der Waals surface area contributed by atoms with E-state index in [2.05, 4.69) is 0 Å². The van der Waals surface area contributed by atoms with E-state index in [-0.39, 0.29) is 17.8 Å². The molecule has 23 heavy (non-hydrogen) atoms. The van der Waals surface area contributed by atoms with Gasteiger partial charge in [0.25, 0.3) is 5.91 Å². The fourth-order valence-corrected chi connectivity index (χ4v) is 2.88. The van der Waals surface area contributed by atoms with Crippen molar-refractivity contribution in [2.75, 3.05) is 12.0 Å². The van der Waals surface area contributed by atoms with Crippen molar-refractivity contribution in [2.24, 2.45) is 0 Å². The summed E-state index contributed by atoms with van der Waals surface area (Å²) in [6.07, 6.45) is 0. The van der Waals surface area contributed by atoms with Gasteiger partial charge >= 0.3 is 5.97 Å². The standard InChI is InChI=1S/C19H19NO3/c1-12-4-5-15-11-20(18(21)17(15)10-12)16-8-6-14(7-9-16)13(2)19(22)23-3/h4-10,13H,11H2,1-3H3. The number of nitrogens with zero attached hydrogens (tertiary/aromatic N) is 1. The van der Waals surface area contributed by atoms with Crippen molar-refractivity contribution in [3.63, 3.8) is 0 Å². The summed E-state index contributed by atoms with van der Waals surface area (Å²) in [6.45, 7) is 4.38. The summed E-state index contributed by atoms with van der Waals surface area (Å²) in [5, 5.41) is 0. The summed E-state index contributed by atoms with van der Waals surface area (Å²) in [5.41, 5.74) is 4.62. The number of aryl methyl sites for hydroxylation is 1. The monoisotopic (exact) mass is 309 g/mol. The maximum atomic E-state index is 12.6. The molecule has 0 saturated carbocycles. The van der Waals surface area contributed by atoms with Crippen LogP contribution in [-0.2, 0) is 16.1 Å². The molecule has 4 nitrogen and oxygen atoms in total. The number of rotatable bonds is 3. The Hall–Kier alpha value is -2.62. The van der Waals surface area contributed by atoms with E-state index in [4.69, 9.17) is 4.74 Å². The van der Waals surface area contributed by atoms with E-state index in [0.29, 0.717) is 6.54 Å². The van der Waals surface area contributed by atoms with Crippen LogP contribution >= 0.6 is 0 Å². The third kappa shape index (κ3) is 2.72. The number of esters is 1. The van der Waals surface area contributed by atoms with Crippen LogP contribution in [0.2, 0.25) is 0 Å². The van der Waals surface area contributed by atoms with Gasteiger partial charge in [-0.1, -0.05) is 29.8 Å². The van der Waals surface area contributed by atoms with Crippen LogP contribution in [0.1, 0.15) is 39.9 Å². The zero-order chi connectivity index (χ0) is 16.6. The first-order valence-electron chi connectivity index (χ1n) is 7.60. The highest BCUT2D eigenvalue weighted by molar-refractivity contribution is 6.10. The Bertz CT molecular complexity index is 765. The van der Waals surface area contributed by atoms with Crippen molar-refractivity contribution in [3.8, 4) is 0 Å². The summed E-state index contributed by atoms with van der Waals surface area (Å²) in [4.78, 5) is 25.9. The maximum absolute atomic E-state index is 12.6. The average Bonchev–Trinajstić information content (AvgIpc) is 2.90. The van der Waals surface area contributed by atoms with E-state index in [9.17, 15) is 9.59 Å². The third-order valence-electron chi connectivity index (χ3n) is 4.33. The van der Waals surface area contributed by atoms with Gasteiger partial charge in [-0.05, 0) is 43.2 Å². The molecule has 0 N–H and O–H groups in total. The largest absolute Gasteiger partial charge is 0.469 e. The van der Waals surface area contributed by atoms with E-state index in [1.165, 1.54) is 7.11 Å². The van der Waals surface area contributed by atoms with Gasteiger partial charge in [0.2, 0.25) is 0 Å². The van der Waals surface area contributed by atoms with Gasteiger partial charge in [0.15, 0.2) is 0 Å². The van der Waals surface area contributed by atoms with Crippen LogP contribution in [0.25, 0.3) is 0 Å². The van der Waals surface area contributed by atoms with Gasteiger partial charge in [0.1, 0.15) is 0 Å². The molecule has 3 rings (SSSR count). The second kappa shape index (κ2) is 5.88. The molecule has 0 spiro atoms. The molecule has 0 bridgehead atoms. The van der Waals surface area contributed by atoms with Gasteiger partial charge in [-0.3, -0.25) is 9.59 Å². The minimum atomic E-state index is -0.317. The molecule has 0 radical (unpaired) electrons. The number of benzene rings is 2. The number of hydrogen-bond acceptors (Lipinski definition) is 3. The predicted octanol–water partition coefficient (Wildman–Crippen LogP) is 3.43. The normalized spacial score (nSPS) is 14.6. The Morgan fingerprint density at radius 3 is 2.52 bits per heavy atom. The van der Waals surface area contributed by atoms with Crippen LogP contribution in [0.5, 0.6) is 0 Å². The molecule has 118 valence electrons. The number of amides is 1. The molecule has 2 aromatic carbocycles. The van der Waals surface area contributed by atoms with Gasteiger partial charge in [-0.15, -0.1) is 0 Å². The summed E-state index contributed by atoms with van der Waals surface area (Å²) in [5.74, 6) is -0.557. The fourth-order valence-electron chi connectivity index (χ4n) is 2.88. The summed E-state index contributed by atoms with van der Waals surface area (Å²) >= 11 is 0. The van der Waals surface area contributed by atoms with Gasteiger partial charge in [0, 0.05) is 11.3 Å². The van der Waals surface area contributed by atoms with Crippen LogP contribution in [-0.4, -0.2) is 19.0 Å². The third-order valence-corrected chi connectivity index (χ3v) is 4.33. The van der Waals surface area contributed by atoms with Crippen LogP contribution in [0.4, 0.5) is 5.69 Å². The summed E-state index contributed by atoms with van der Waals surface area (Å²) < 4.78 is 4.76. The van der Waals surface area contributed by atoms with Crippen LogP contribution < -0.4 is 4.90 Å². The molecule has 1 aliphatic rings. The van der Waals surface area contributed by atoms with E-state index >= 15 is 0 Å². The molecule has 1 amide bonds. The first-order chi connectivity index (χ1) is 11.0. The average molecular weight is 309 g/mol. The van der Waals surface area contributed by atoms with Crippen LogP contribution in [0.15, 0.2) is 42.5 Å². The van der Waals surface area contributed by atoms with Crippen LogP contribution in [0, 0.1) is 6.92 Å². The van der Waals surface area contributed by atoms with Crippen molar-refractivity contribution in [1.29, 1.82) is 0 Å². The maximum Gasteiger partial charge on any atom is 0.312 e. The summed E-state index contributed by atoms with van der Waals surface area (Å²) in [6, 6.07) is 13.5. The topological polar surface area (TPSA) is 46.6 Å². The Morgan fingerprint density at radius 2 is 1.87 bits per heavy atom. The second-order valence-corrected chi connectivity index (χ2v) is 5.89. The van der Waals surface area contributed by atoms with Crippen molar-refractivity contribution < 1.29 is 14.3 Å². The van der Waals surface area contributed by atoms with Gasteiger partial charge in [-0.25, -0.2) is 0 Å². The van der Waals surface area contributed by atoms with E-state index < -0.39 is 0 Å². The number of hydrogen-bond donors (Lipinski definition) is 0. The molecule has 1 unspecified atom stereocenters. The second-order valence-electron chi connectivity index (χ2n) is 5.89. The fraction of sp³-hybridized carbons (Fsp3) is 0.263. The quantitative estimate of drug-likeness (QED) is 0.816. The first kappa shape index (κ1) is 15.3. The van der Waals surface area contributed by atoms with Crippen molar-refractivity contribution >= 4 is 17.6 Å². The Labute approximate surface area is 135 Å². The number of carbonyl (C=O) groups is 2. The number of carbonyl (C=O) groups excluding carboxylic acids is 2. The number of fused-ring (bicyclic) bond motifs is 1. The first-order valence-corrected chi connectivity index (χ1v) is 7.60. The summed E-state index contributed by atoms with van der Waals surface area (Å²) in [7, 11) is 1.38. The molecular weight excluding hydrogens is 290 g/mol. The highest BCUT2D eigenvalue weighted by atomic mass is 16.5. The molecule has 1 heterocycles. The molecule has 0 saturated heterocycles. The molecule has 0 fully saturated rings. The minimum Gasteiger partial charge on any atom is -0.469 e. The van der Waals surface area contributed by atoms with Crippen LogP contribution in [0.3, 0.4) is 0 Å². The lowest BCUT2D eigenvalue weighted by atomic mass is 10.0. The molecular formula is C19H19NO3. The Balaban J connectivity index is 1.84. The highest BCUT2D eigenvalue weighted by Gasteiger charge is 2.28. The lowest BCUT2D eigenvalue weighted by molar-refractivity contribution is -0.141. The zero-order valence-corrected chi connectivity index (χ0v) is 13.5. The molecule has 0 aromatic heterocycles. The highest BCUT2D eigenvalue weighted by Crippen LogP contribution is 2.30. The smallest absolute Gasteiger partial charge is 0.312 e. The molecule has 1 aliphatic heterocycles. The van der Waals surface area contributed by atoms with Crippen molar-refractivity contribution in [3.05, 3.63) is 64.7 Å². The Kier molecular flexibility index (Phi) is 3.90. The lowest BCUT2D eigenvalue weighted by Gasteiger charge is -2.17. The van der Waals surface area contributed by atoms with Gasteiger partial charge in [-0.2, -0.15) is 0 Å².